The molecule has 2 aromatic rings. The van der Waals surface area contributed by atoms with Crippen molar-refractivity contribution >= 4 is 11.7 Å². The first-order valence-electron chi connectivity index (χ1n) is 8.68. The van der Waals surface area contributed by atoms with Crippen LogP contribution in [0, 0.1) is 6.92 Å². The quantitative estimate of drug-likeness (QED) is 0.910. The number of amides is 2. The van der Waals surface area contributed by atoms with Crippen molar-refractivity contribution in [2.24, 2.45) is 0 Å². The predicted molar refractivity (Wildman–Crippen MR) is 98.9 cm³/mol. The second-order valence-electron chi connectivity index (χ2n) is 6.29. The standard InChI is InChI=1S/C19H24N4O3/c1-13-20-9-6-16(21-13)14-7-10-23(11-8-14)19(24)22-15-4-5-17(25-2)18(12-15)26-3/h4-6,9,12,14H,7-8,10-11H2,1-3H3,(H,22,24). The van der Waals surface area contributed by atoms with E-state index in [1.165, 1.54) is 0 Å². The molecule has 1 N–H and O–H groups in total. The van der Waals surface area contributed by atoms with Crippen molar-refractivity contribution in [3.63, 3.8) is 0 Å². The number of aryl methyl sites for hydroxylation is 1. The number of rotatable bonds is 4. The average molecular weight is 356 g/mol. The fraction of sp³-hybridized carbons (Fsp3) is 0.421. The largest absolute Gasteiger partial charge is 0.493 e. The Bertz CT molecular complexity index is 773. The number of urea groups is 1. The molecule has 1 fully saturated rings. The molecule has 7 heteroatoms. The highest BCUT2D eigenvalue weighted by molar-refractivity contribution is 5.89. The number of hydrogen-bond acceptors (Lipinski definition) is 5. The Hall–Kier alpha value is -2.83. The first kappa shape index (κ1) is 18.0. The summed E-state index contributed by atoms with van der Waals surface area (Å²) in [6.45, 7) is 3.30. The molecule has 7 nitrogen and oxygen atoms in total. The molecule has 138 valence electrons. The van der Waals surface area contributed by atoms with E-state index in [-0.39, 0.29) is 6.03 Å². The maximum Gasteiger partial charge on any atom is 0.321 e. The normalized spacial score (nSPS) is 14.8. The smallest absolute Gasteiger partial charge is 0.321 e. The van der Waals surface area contributed by atoms with Crippen molar-refractivity contribution in [1.29, 1.82) is 0 Å². The monoisotopic (exact) mass is 356 g/mol. The Balaban J connectivity index is 1.58. The molecule has 2 heterocycles. The van der Waals surface area contributed by atoms with Gasteiger partial charge in [-0.2, -0.15) is 0 Å². The van der Waals surface area contributed by atoms with E-state index < -0.39 is 0 Å². The highest BCUT2D eigenvalue weighted by Gasteiger charge is 2.25. The van der Waals surface area contributed by atoms with Crippen LogP contribution in [0.1, 0.15) is 30.3 Å². The second-order valence-corrected chi connectivity index (χ2v) is 6.29. The Labute approximate surface area is 153 Å². The lowest BCUT2D eigenvalue weighted by atomic mass is 9.93. The molecule has 1 aromatic heterocycles. The number of ether oxygens (including phenoxy) is 2. The van der Waals surface area contributed by atoms with Crippen LogP contribution < -0.4 is 14.8 Å². The van der Waals surface area contributed by atoms with Crippen LogP contribution in [0.4, 0.5) is 10.5 Å². The van der Waals surface area contributed by atoms with Gasteiger partial charge >= 0.3 is 6.03 Å². The van der Waals surface area contributed by atoms with Crippen molar-refractivity contribution in [2.45, 2.75) is 25.7 Å². The summed E-state index contributed by atoms with van der Waals surface area (Å²) in [6.07, 6.45) is 3.60. The van der Waals surface area contributed by atoms with Crippen LogP contribution in [0.2, 0.25) is 0 Å². The summed E-state index contributed by atoms with van der Waals surface area (Å²) in [5.41, 5.74) is 1.75. The summed E-state index contributed by atoms with van der Waals surface area (Å²) in [5.74, 6) is 2.38. The third-order valence-corrected chi connectivity index (χ3v) is 4.63. The van der Waals surface area contributed by atoms with Gasteiger partial charge in [-0.05, 0) is 38.0 Å². The molecule has 2 amide bonds. The van der Waals surface area contributed by atoms with Gasteiger partial charge in [0.05, 0.1) is 14.2 Å². The number of benzene rings is 1. The molecular formula is C19H24N4O3. The molecule has 3 rings (SSSR count). The molecule has 1 saturated heterocycles. The van der Waals surface area contributed by atoms with E-state index in [1.807, 2.05) is 17.9 Å². The Morgan fingerprint density at radius 3 is 2.54 bits per heavy atom. The fourth-order valence-corrected chi connectivity index (χ4v) is 3.20. The lowest BCUT2D eigenvalue weighted by Crippen LogP contribution is -2.40. The Morgan fingerprint density at radius 1 is 1.15 bits per heavy atom. The minimum absolute atomic E-state index is 0.102. The van der Waals surface area contributed by atoms with Crippen LogP contribution in [-0.2, 0) is 0 Å². The number of likely N-dealkylation sites (tertiary alicyclic amines) is 1. The maximum atomic E-state index is 12.5. The van der Waals surface area contributed by atoms with E-state index in [1.54, 1.807) is 38.6 Å². The van der Waals surface area contributed by atoms with Crippen molar-refractivity contribution in [3.05, 3.63) is 42.0 Å². The second kappa shape index (κ2) is 8.03. The van der Waals surface area contributed by atoms with Gasteiger partial charge in [0.2, 0.25) is 0 Å². The molecule has 1 aliphatic heterocycles. The SMILES string of the molecule is COc1ccc(NC(=O)N2CCC(c3ccnc(C)n3)CC2)cc1OC. The number of carbonyl (C=O) groups excluding carboxylic acids is 1. The summed E-state index contributed by atoms with van der Waals surface area (Å²) >= 11 is 0. The average Bonchev–Trinajstić information content (AvgIpc) is 2.68. The number of aromatic nitrogens is 2. The lowest BCUT2D eigenvalue weighted by Gasteiger charge is -2.31. The molecule has 26 heavy (non-hydrogen) atoms. The van der Waals surface area contributed by atoms with Gasteiger partial charge in [0, 0.05) is 42.7 Å². The number of nitrogens with zero attached hydrogens (tertiary/aromatic N) is 3. The zero-order valence-corrected chi connectivity index (χ0v) is 15.4. The topological polar surface area (TPSA) is 76.6 Å². The van der Waals surface area contributed by atoms with Crippen LogP contribution in [0.25, 0.3) is 0 Å². The van der Waals surface area contributed by atoms with E-state index in [9.17, 15) is 4.79 Å². The molecule has 0 aliphatic carbocycles. The molecular weight excluding hydrogens is 332 g/mol. The van der Waals surface area contributed by atoms with Gasteiger partial charge in [-0.1, -0.05) is 0 Å². The molecule has 0 radical (unpaired) electrons. The maximum absolute atomic E-state index is 12.5. The van der Waals surface area contributed by atoms with E-state index in [0.29, 0.717) is 36.2 Å². The van der Waals surface area contributed by atoms with Crippen molar-refractivity contribution in [2.75, 3.05) is 32.6 Å². The van der Waals surface area contributed by atoms with Gasteiger partial charge in [-0.25, -0.2) is 14.8 Å². The molecule has 0 saturated carbocycles. The van der Waals surface area contributed by atoms with E-state index >= 15 is 0 Å². The molecule has 0 atom stereocenters. The third kappa shape index (κ3) is 4.04. The van der Waals surface area contributed by atoms with Crippen LogP contribution in [0.15, 0.2) is 30.5 Å². The predicted octanol–water partition coefficient (Wildman–Crippen LogP) is 3.21. The van der Waals surface area contributed by atoms with E-state index in [2.05, 4.69) is 15.3 Å². The molecule has 0 unspecified atom stereocenters. The first-order valence-corrected chi connectivity index (χ1v) is 8.68. The lowest BCUT2D eigenvalue weighted by molar-refractivity contribution is 0.194. The number of hydrogen-bond donors (Lipinski definition) is 1. The third-order valence-electron chi connectivity index (χ3n) is 4.63. The van der Waals surface area contributed by atoms with Crippen LogP contribution >= 0.6 is 0 Å². The highest BCUT2D eigenvalue weighted by Crippen LogP contribution is 2.30. The van der Waals surface area contributed by atoms with Crippen molar-refractivity contribution < 1.29 is 14.3 Å². The van der Waals surface area contributed by atoms with Crippen LogP contribution in [0.5, 0.6) is 11.5 Å². The number of anilines is 1. The van der Waals surface area contributed by atoms with Crippen molar-refractivity contribution in [3.8, 4) is 11.5 Å². The molecule has 1 aromatic carbocycles. The fourth-order valence-electron chi connectivity index (χ4n) is 3.20. The summed E-state index contributed by atoms with van der Waals surface area (Å²) in [5, 5.41) is 2.93. The zero-order chi connectivity index (χ0) is 18.5. The Morgan fingerprint density at radius 2 is 1.88 bits per heavy atom. The Kier molecular flexibility index (Phi) is 5.55. The number of piperidine rings is 1. The zero-order valence-electron chi connectivity index (χ0n) is 15.4. The van der Waals surface area contributed by atoms with Gasteiger partial charge in [0.25, 0.3) is 0 Å². The van der Waals surface area contributed by atoms with E-state index in [4.69, 9.17) is 9.47 Å². The molecule has 0 spiro atoms. The van der Waals surface area contributed by atoms with Crippen LogP contribution in [0.3, 0.4) is 0 Å². The molecule has 1 aliphatic rings. The van der Waals surface area contributed by atoms with Gasteiger partial charge in [-0.15, -0.1) is 0 Å². The van der Waals surface area contributed by atoms with E-state index in [0.717, 1.165) is 24.4 Å². The van der Waals surface area contributed by atoms with Gasteiger partial charge in [0.15, 0.2) is 11.5 Å². The number of carbonyl (C=O) groups is 1. The first-order chi connectivity index (χ1) is 12.6. The minimum atomic E-state index is -0.102. The summed E-state index contributed by atoms with van der Waals surface area (Å²) in [6, 6.07) is 7.20. The molecule has 0 bridgehead atoms. The summed E-state index contributed by atoms with van der Waals surface area (Å²) in [7, 11) is 3.16. The van der Waals surface area contributed by atoms with Gasteiger partial charge in [-0.3, -0.25) is 0 Å². The van der Waals surface area contributed by atoms with Crippen LogP contribution in [-0.4, -0.2) is 48.2 Å². The summed E-state index contributed by atoms with van der Waals surface area (Å²) in [4.78, 5) is 23.0. The van der Waals surface area contributed by atoms with Gasteiger partial charge < -0.3 is 19.7 Å². The number of methoxy groups -OCH3 is 2. The highest BCUT2D eigenvalue weighted by atomic mass is 16.5. The van der Waals surface area contributed by atoms with Crippen molar-refractivity contribution in [1.82, 2.24) is 14.9 Å². The minimum Gasteiger partial charge on any atom is -0.493 e. The summed E-state index contributed by atoms with van der Waals surface area (Å²) < 4.78 is 10.5. The number of nitrogens with one attached hydrogen (secondary N) is 1. The van der Waals surface area contributed by atoms with Gasteiger partial charge in [0.1, 0.15) is 5.82 Å².